The van der Waals surface area contributed by atoms with E-state index in [0.717, 1.165) is 53.9 Å². The number of hydrogen-bond donors (Lipinski definition) is 2. The molecule has 0 saturated carbocycles. The first kappa shape index (κ1) is 27.1. The second-order valence-electron chi connectivity index (χ2n) is 9.57. The lowest BCUT2D eigenvalue weighted by molar-refractivity contribution is 0.102. The normalized spacial score (nSPS) is 11.2. The molecule has 4 nitrogen and oxygen atoms in total. The first-order chi connectivity index (χ1) is 19.1. The summed E-state index contributed by atoms with van der Waals surface area (Å²) in [6.07, 6.45) is 6.41. The van der Waals surface area contributed by atoms with Crippen molar-refractivity contribution < 1.29 is 4.79 Å². The Kier molecular flexibility index (Phi) is 9.09. The molecule has 5 rings (SSSR count). The van der Waals surface area contributed by atoms with Crippen LogP contribution in [0.25, 0.3) is 20.2 Å². The number of thioether (sulfide) groups is 1. The van der Waals surface area contributed by atoms with Crippen molar-refractivity contribution in [2.75, 3.05) is 24.7 Å². The highest BCUT2D eigenvalue weighted by Crippen LogP contribution is 2.28. The van der Waals surface area contributed by atoms with Gasteiger partial charge in [-0.1, -0.05) is 42.5 Å². The topological polar surface area (TPSA) is 58.2 Å². The molecule has 198 valence electrons. The fraction of sp³-hybridized carbons (Fsp3) is 0.212. The molecule has 0 aliphatic rings. The van der Waals surface area contributed by atoms with E-state index in [4.69, 9.17) is 0 Å². The van der Waals surface area contributed by atoms with Crippen molar-refractivity contribution in [1.82, 2.24) is 5.32 Å². The van der Waals surface area contributed by atoms with Crippen LogP contribution in [0.2, 0.25) is 0 Å². The molecular weight excluding hydrogens is 521 g/mol. The lowest BCUT2D eigenvalue weighted by Crippen LogP contribution is -2.18. The largest absolute Gasteiger partial charge is 0.322 e. The van der Waals surface area contributed by atoms with Crippen LogP contribution in [0.4, 0.5) is 5.69 Å². The van der Waals surface area contributed by atoms with E-state index < -0.39 is 0 Å². The average molecular weight is 553 g/mol. The standard InChI is InChI=1S/C33H32N2O2S2/c1-38-26-18-14-24(15-19-26)20-22-34-21-5-4-7-23-12-16-25(17-13-23)35-33(37)29-10-6-9-28-31(36)27-8-2-3-11-30(27)39-32(28)29/h2-3,6,8-19,34H,4-5,7,20-22H2,1H3,(H,35,37). The van der Waals surface area contributed by atoms with Crippen molar-refractivity contribution in [2.24, 2.45) is 0 Å². The first-order valence-corrected chi connectivity index (χ1v) is 15.3. The molecular formula is C33H32N2O2S2. The molecule has 1 aromatic heterocycles. The van der Waals surface area contributed by atoms with Crippen LogP contribution in [0.15, 0.2) is 101 Å². The third kappa shape index (κ3) is 6.77. The Hall–Kier alpha value is -3.45. The Morgan fingerprint density at radius 3 is 2.28 bits per heavy atom. The van der Waals surface area contributed by atoms with E-state index in [-0.39, 0.29) is 11.3 Å². The maximum Gasteiger partial charge on any atom is 0.257 e. The number of carbonyl (C=O) groups excluding carboxylic acids is 1. The number of rotatable bonds is 11. The van der Waals surface area contributed by atoms with Crippen molar-refractivity contribution in [3.63, 3.8) is 0 Å². The summed E-state index contributed by atoms with van der Waals surface area (Å²) < 4.78 is 1.60. The summed E-state index contributed by atoms with van der Waals surface area (Å²) in [6.45, 7) is 2.01. The van der Waals surface area contributed by atoms with E-state index in [2.05, 4.69) is 53.3 Å². The van der Waals surface area contributed by atoms with Gasteiger partial charge >= 0.3 is 0 Å². The molecule has 0 unspecified atom stereocenters. The molecule has 0 aliphatic carbocycles. The number of anilines is 1. The Bertz CT molecular complexity index is 1630. The van der Waals surface area contributed by atoms with Gasteiger partial charge in [-0.05, 0) is 105 Å². The predicted molar refractivity (Wildman–Crippen MR) is 168 cm³/mol. The maximum absolute atomic E-state index is 13.2. The molecule has 4 aromatic carbocycles. The van der Waals surface area contributed by atoms with Gasteiger partial charge in [-0.15, -0.1) is 23.1 Å². The van der Waals surface area contributed by atoms with Gasteiger partial charge in [0.2, 0.25) is 0 Å². The van der Waals surface area contributed by atoms with E-state index in [0.29, 0.717) is 16.3 Å². The van der Waals surface area contributed by atoms with Crippen molar-refractivity contribution >= 4 is 54.9 Å². The molecule has 0 spiro atoms. The molecule has 6 heteroatoms. The van der Waals surface area contributed by atoms with Crippen LogP contribution in [0.1, 0.15) is 34.3 Å². The lowest BCUT2D eigenvalue weighted by atomic mass is 10.1. The van der Waals surface area contributed by atoms with Crippen molar-refractivity contribution in [2.45, 2.75) is 30.6 Å². The predicted octanol–water partition coefficient (Wildman–Crippen LogP) is 7.54. The average Bonchev–Trinajstić information content (AvgIpc) is 2.97. The highest BCUT2D eigenvalue weighted by molar-refractivity contribution is 7.98. The highest BCUT2D eigenvalue weighted by atomic mass is 32.2. The maximum atomic E-state index is 13.2. The summed E-state index contributed by atoms with van der Waals surface area (Å²) in [5.74, 6) is -0.203. The van der Waals surface area contributed by atoms with Crippen LogP contribution in [-0.4, -0.2) is 25.3 Å². The minimum absolute atomic E-state index is 0.0329. The molecule has 1 heterocycles. The van der Waals surface area contributed by atoms with Crippen LogP contribution in [0.3, 0.4) is 0 Å². The smallest absolute Gasteiger partial charge is 0.257 e. The Balaban J connectivity index is 1.10. The molecule has 0 atom stereocenters. The van der Waals surface area contributed by atoms with Gasteiger partial charge in [-0.25, -0.2) is 0 Å². The molecule has 5 aromatic rings. The van der Waals surface area contributed by atoms with E-state index in [1.165, 1.54) is 27.4 Å². The monoisotopic (exact) mass is 552 g/mol. The number of unbranched alkanes of at least 4 members (excludes halogenated alkanes) is 1. The Labute approximate surface area is 237 Å². The van der Waals surface area contributed by atoms with Gasteiger partial charge in [0.1, 0.15) is 0 Å². The van der Waals surface area contributed by atoms with Gasteiger partial charge in [-0.2, -0.15) is 0 Å². The number of nitrogens with one attached hydrogen (secondary N) is 2. The summed E-state index contributed by atoms with van der Waals surface area (Å²) in [5, 5.41) is 7.83. The van der Waals surface area contributed by atoms with E-state index in [1.807, 2.05) is 36.4 Å². The van der Waals surface area contributed by atoms with Gasteiger partial charge in [0, 0.05) is 26.1 Å². The number of carbonyl (C=O) groups is 1. The number of amides is 1. The second kappa shape index (κ2) is 13.1. The highest BCUT2D eigenvalue weighted by Gasteiger charge is 2.14. The summed E-state index contributed by atoms with van der Waals surface area (Å²) in [6, 6.07) is 29.8. The zero-order chi connectivity index (χ0) is 27.0. The van der Waals surface area contributed by atoms with Crippen LogP contribution in [0, 0.1) is 0 Å². The molecule has 0 radical (unpaired) electrons. The van der Waals surface area contributed by atoms with Crippen LogP contribution < -0.4 is 16.1 Å². The summed E-state index contributed by atoms with van der Waals surface area (Å²) in [5.41, 5.74) is 3.87. The van der Waals surface area contributed by atoms with Gasteiger partial charge in [0.05, 0.1) is 10.3 Å². The number of benzene rings is 4. The summed E-state index contributed by atoms with van der Waals surface area (Å²) in [7, 11) is 0. The first-order valence-electron chi connectivity index (χ1n) is 13.3. The lowest BCUT2D eigenvalue weighted by Gasteiger charge is -2.09. The zero-order valence-electron chi connectivity index (χ0n) is 22.0. The van der Waals surface area contributed by atoms with Crippen LogP contribution >= 0.6 is 23.1 Å². The third-order valence-corrected chi connectivity index (χ3v) is 8.84. The Morgan fingerprint density at radius 1 is 0.769 bits per heavy atom. The minimum Gasteiger partial charge on any atom is -0.322 e. The zero-order valence-corrected chi connectivity index (χ0v) is 23.7. The fourth-order valence-corrected chi connectivity index (χ4v) is 6.27. The van der Waals surface area contributed by atoms with E-state index in [9.17, 15) is 9.59 Å². The molecule has 0 aliphatic heterocycles. The number of fused-ring (bicyclic) bond motifs is 2. The van der Waals surface area contributed by atoms with Crippen molar-refractivity contribution in [1.29, 1.82) is 0 Å². The summed E-state index contributed by atoms with van der Waals surface area (Å²) in [4.78, 5) is 27.4. The molecule has 39 heavy (non-hydrogen) atoms. The number of hydrogen-bond acceptors (Lipinski definition) is 5. The van der Waals surface area contributed by atoms with E-state index >= 15 is 0 Å². The van der Waals surface area contributed by atoms with E-state index in [1.54, 1.807) is 30.0 Å². The van der Waals surface area contributed by atoms with Gasteiger partial charge in [-0.3, -0.25) is 9.59 Å². The van der Waals surface area contributed by atoms with Crippen molar-refractivity contribution in [3.8, 4) is 0 Å². The van der Waals surface area contributed by atoms with Gasteiger partial charge in [0.15, 0.2) is 5.43 Å². The fourth-order valence-electron chi connectivity index (χ4n) is 4.69. The second-order valence-corrected chi connectivity index (χ2v) is 11.5. The minimum atomic E-state index is -0.203. The van der Waals surface area contributed by atoms with Gasteiger partial charge in [0.25, 0.3) is 5.91 Å². The molecule has 0 fully saturated rings. The van der Waals surface area contributed by atoms with Crippen LogP contribution in [-0.2, 0) is 12.8 Å². The SMILES string of the molecule is CSc1ccc(CCNCCCCc2ccc(NC(=O)c3cccc4c(=O)c5ccccc5sc34)cc2)cc1. The summed E-state index contributed by atoms with van der Waals surface area (Å²) >= 11 is 3.26. The molecule has 0 saturated heterocycles. The van der Waals surface area contributed by atoms with Crippen molar-refractivity contribution in [3.05, 3.63) is 118 Å². The quantitative estimate of drug-likeness (QED) is 0.101. The van der Waals surface area contributed by atoms with Gasteiger partial charge < -0.3 is 10.6 Å². The Morgan fingerprint density at radius 2 is 1.49 bits per heavy atom. The molecule has 2 N–H and O–H groups in total. The molecule has 0 bridgehead atoms. The number of aryl methyl sites for hydroxylation is 1. The third-order valence-electron chi connectivity index (χ3n) is 6.88. The molecule has 1 amide bonds. The van der Waals surface area contributed by atoms with Crippen LogP contribution in [0.5, 0.6) is 0 Å².